The number of pyridine rings is 1. The molecule has 0 radical (unpaired) electrons. The molecule has 1 N–H and O–H groups in total. The maximum absolute atomic E-state index is 14.0. The summed E-state index contributed by atoms with van der Waals surface area (Å²) in [6.45, 7) is 8.07. The Morgan fingerprint density at radius 3 is 2.58 bits per heavy atom. The van der Waals surface area contributed by atoms with E-state index < -0.39 is 22.9 Å². The molecule has 2 heterocycles. The van der Waals surface area contributed by atoms with Crippen molar-refractivity contribution in [2.45, 2.75) is 46.6 Å². The lowest BCUT2D eigenvalue weighted by atomic mass is 9.69. The number of esters is 1. The lowest BCUT2D eigenvalue weighted by Gasteiger charge is -2.36. The second-order valence-corrected chi connectivity index (χ2v) is 12.6. The third kappa shape index (κ3) is 6.29. The lowest BCUT2D eigenvalue weighted by molar-refractivity contribution is -0.384. The van der Waals surface area contributed by atoms with Gasteiger partial charge in [-0.2, -0.15) is 0 Å². The zero-order chi connectivity index (χ0) is 30.9. The van der Waals surface area contributed by atoms with Gasteiger partial charge in [-0.05, 0) is 71.9 Å². The van der Waals surface area contributed by atoms with Crippen molar-refractivity contribution in [1.82, 2.24) is 4.98 Å². The van der Waals surface area contributed by atoms with Gasteiger partial charge in [0.1, 0.15) is 5.75 Å². The molecule has 0 fully saturated rings. The van der Waals surface area contributed by atoms with Crippen molar-refractivity contribution in [3.05, 3.63) is 91.8 Å². The summed E-state index contributed by atoms with van der Waals surface area (Å²) in [6.07, 6.45) is 2.40. The number of nitrogens with zero attached hydrogens (tertiary/aromatic N) is 2. The Kier molecular flexibility index (Phi) is 8.32. The van der Waals surface area contributed by atoms with Crippen LogP contribution in [0.15, 0.2) is 60.0 Å². The van der Waals surface area contributed by atoms with Crippen LogP contribution >= 0.6 is 11.3 Å². The number of thiophene rings is 1. The molecule has 9 nitrogen and oxygen atoms in total. The fourth-order valence-electron chi connectivity index (χ4n) is 5.33. The number of fused-ring (bicyclic) bond motifs is 2. The highest BCUT2D eigenvalue weighted by Gasteiger charge is 2.36. The van der Waals surface area contributed by atoms with E-state index in [1.54, 1.807) is 11.3 Å². The molecule has 222 valence electrons. The van der Waals surface area contributed by atoms with Crippen LogP contribution in [0.25, 0.3) is 22.6 Å². The summed E-state index contributed by atoms with van der Waals surface area (Å²) >= 11 is 1.64. The van der Waals surface area contributed by atoms with Crippen molar-refractivity contribution in [2.75, 3.05) is 12.4 Å². The molecule has 0 unspecified atom stereocenters. The summed E-state index contributed by atoms with van der Waals surface area (Å²) in [6, 6.07) is 15.4. The molecule has 0 spiro atoms. The van der Waals surface area contributed by atoms with E-state index in [1.807, 2.05) is 35.7 Å². The number of anilines is 1. The summed E-state index contributed by atoms with van der Waals surface area (Å²) in [5, 5.41) is 16.6. The minimum Gasteiger partial charge on any atom is -0.495 e. The Hall–Kier alpha value is -4.57. The van der Waals surface area contributed by atoms with Crippen LogP contribution < -0.4 is 10.1 Å². The number of ether oxygens (including phenoxy) is 2. The quantitative estimate of drug-likeness (QED) is 0.132. The number of nitro benzene ring substituents is 1. The third-order valence-corrected chi connectivity index (χ3v) is 8.63. The van der Waals surface area contributed by atoms with E-state index in [0.29, 0.717) is 22.9 Å². The minimum absolute atomic E-state index is 0.0381. The molecule has 0 bridgehead atoms. The van der Waals surface area contributed by atoms with Crippen molar-refractivity contribution in [2.24, 2.45) is 11.3 Å². The fraction of sp³-hybridized carbons (Fsp3) is 0.303. The number of methoxy groups -OCH3 is 1. The van der Waals surface area contributed by atoms with Crippen molar-refractivity contribution >= 4 is 57.1 Å². The first-order chi connectivity index (χ1) is 20.5. The maximum Gasteiger partial charge on any atom is 0.339 e. The van der Waals surface area contributed by atoms with Gasteiger partial charge in [0.2, 0.25) is 0 Å². The highest BCUT2D eigenvalue weighted by Crippen LogP contribution is 2.45. The fourth-order valence-corrected chi connectivity index (χ4v) is 6.01. The molecule has 2 aromatic carbocycles. The summed E-state index contributed by atoms with van der Waals surface area (Å²) in [7, 11) is 1.39. The minimum atomic E-state index is -1.21. The van der Waals surface area contributed by atoms with Crippen LogP contribution in [0.4, 0.5) is 11.4 Å². The van der Waals surface area contributed by atoms with Gasteiger partial charge in [-0.1, -0.05) is 45.0 Å². The predicted molar refractivity (Wildman–Crippen MR) is 168 cm³/mol. The third-order valence-electron chi connectivity index (χ3n) is 7.81. The second-order valence-electron chi connectivity index (χ2n) is 11.7. The Morgan fingerprint density at radius 2 is 1.91 bits per heavy atom. The molecular weight excluding hydrogens is 566 g/mol. The number of nitrogens with one attached hydrogen (secondary N) is 1. The zero-order valence-corrected chi connectivity index (χ0v) is 25.5. The molecule has 1 aliphatic rings. The largest absolute Gasteiger partial charge is 0.495 e. The van der Waals surface area contributed by atoms with Crippen LogP contribution in [0.3, 0.4) is 0 Å². The molecular formula is C33H33N3O6S. The number of hydrogen-bond acceptors (Lipinski definition) is 8. The van der Waals surface area contributed by atoms with Gasteiger partial charge in [-0.3, -0.25) is 14.9 Å². The van der Waals surface area contributed by atoms with Crippen molar-refractivity contribution in [1.29, 1.82) is 0 Å². The highest BCUT2D eigenvalue weighted by atomic mass is 32.1. The molecule has 4 aromatic rings. The molecule has 1 aliphatic carbocycles. The molecule has 10 heteroatoms. The van der Waals surface area contributed by atoms with Crippen molar-refractivity contribution < 1.29 is 24.0 Å². The van der Waals surface area contributed by atoms with Gasteiger partial charge in [0.15, 0.2) is 6.10 Å². The van der Waals surface area contributed by atoms with Gasteiger partial charge >= 0.3 is 5.97 Å². The van der Waals surface area contributed by atoms with Crippen LogP contribution in [0.5, 0.6) is 5.75 Å². The Bertz CT molecular complexity index is 1740. The van der Waals surface area contributed by atoms with Gasteiger partial charge in [0.25, 0.3) is 11.6 Å². The summed E-state index contributed by atoms with van der Waals surface area (Å²) in [5.41, 5.74) is 3.57. The summed E-state index contributed by atoms with van der Waals surface area (Å²) in [5.74, 6) is -0.800. The number of hydrogen-bond donors (Lipinski definition) is 1. The topological polar surface area (TPSA) is 121 Å². The summed E-state index contributed by atoms with van der Waals surface area (Å²) < 4.78 is 11.0. The first kappa shape index (κ1) is 29.9. The lowest BCUT2D eigenvalue weighted by Crippen LogP contribution is -2.32. The number of benzene rings is 2. The molecule has 0 aliphatic heterocycles. The zero-order valence-electron chi connectivity index (χ0n) is 24.7. The normalized spacial score (nSPS) is 16.4. The molecule has 5 rings (SSSR count). The highest BCUT2D eigenvalue weighted by molar-refractivity contribution is 7.10. The smallest absolute Gasteiger partial charge is 0.339 e. The number of aromatic nitrogens is 1. The van der Waals surface area contributed by atoms with E-state index in [0.717, 1.165) is 28.1 Å². The SMILES string of the molecule is COc1ccc([N+](=O)[O-])cc1NC(=O)[C@@H](C)OC(=O)c1c2c(nc3ccccc13)/C(=C\c1cccs1)C[C@H](C(C)(C)C)C2. The van der Waals surface area contributed by atoms with Gasteiger partial charge in [0, 0.05) is 22.4 Å². The predicted octanol–water partition coefficient (Wildman–Crippen LogP) is 7.55. The standard InChI is InChI=1S/C33H33N3O6S/c1-19(31(37)35-27-18-22(36(39)40)12-13-28(27)41-5)42-32(38)29-24-10-6-7-11-26(24)34-30-20(16-23-9-8-14-43-23)15-21(17-25(29)30)33(2,3)4/h6-14,16,18-19,21H,15,17H2,1-5H3,(H,35,37)/b20-16-/t19-,21+/m1/s1. The average molecular weight is 600 g/mol. The number of carbonyl (C=O) groups excluding carboxylic acids is 2. The van der Waals surface area contributed by atoms with Crippen LogP contribution in [0.2, 0.25) is 0 Å². The van der Waals surface area contributed by atoms with Gasteiger partial charge in [-0.25, -0.2) is 9.78 Å². The van der Waals surface area contributed by atoms with E-state index in [-0.39, 0.29) is 28.5 Å². The number of para-hydroxylation sites is 1. The molecule has 1 amide bonds. The van der Waals surface area contributed by atoms with E-state index in [4.69, 9.17) is 14.5 Å². The number of nitro groups is 1. The Balaban J connectivity index is 1.53. The average Bonchev–Trinajstić information content (AvgIpc) is 3.48. The van der Waals surface area contributed by atoms with Crippen molar-refractivity contribution in [3.8, 4) is 5.75 Å². The number of allylic oxidation sites excluding steroid dienone is 1. The Labute approximate surface area is 253 Å². The number of rotatable bonds is 7. The van der Waals surface area contributed by atoms with Crippen LogP contribution in [-0.4, -0.2) is 35.0 Å². The first-order valence-electron chi connectivity index (χ1n) is 14.0. The first-order valence-corrected chi connectivity index (χ1v) is 14.8. The molecule has 2 aromatic heterocycles. The summed E-state index contributed by atoms with van der Waals surface area (Å²) in [4.78, 5) is 44.0. The maximum atomic E-state index is 14.0. The molecule has 0 saturated heterocycles. The number of non-ortho nitro benzene ring substituents is 1. The van der Waals surface area contributed by atoms with Gasteiger partial charge in [-0.15, -0.1) is 11.3 Å². The van der Waals surface area contributed by atoms with Crippen LogP contribution in [-0.2, 0) is 16.0 Å². The monoisotopic (exact) mass is 599 g/mol. The molecule has 43 heavy (non-hydrogen) atoms. The molecule has 2 atom stereocenters. The van der Waals surface area contributed by atoms with Gasteiger partial charge in [0.05, 0.1) is 34.5 Å². The Morgan fingerprint density at radius 1 is 1.14 bits per heavy atom. The van der Waals surface area contributed by atoms with E-state index >= 15 is 0 Å². The number of carbonyl (C=O) groups is 2. The van der Waals surface area contributed by atoms with Crippen LogP contribution in [0.1, 0.15) is 60.6 Å². The molecule has 0 saturated carbocycles. The van der Waals surface area contributed by atoms with E-state index in [2.05, 4.69) is 38.2 Å². The second kappa shape index (κ2) is 12.0. The van der Waals surface area contributed by atoms with E-state index in [9.17, 15) is 19.7 Å². The van der Waals surface area contributed by atoms with E-state index in [1.165, 1.54) is 32.2 Å². The van der Waals surface area contributed by atoms with Gasteiger partial charge < -0.3 is 14.8 Å². The van der Waals surface area contributed by atoms with Crippen molar-refractivity contribution in [3.63, 3.8) is 0 Å². The number of amides is 1. The van der Waals surface area contributed by atoms with Crippen LogP contribution in [0, 0.1) is 21.4 Å².